The number of ketones is 2. The molecule has 0 unspecified atom stereocenters. The number of nitrogens with one attached hydrogen (secondary N) is 1. The van der Waals surface area contributed by atoms with E-state index in [2.05, 4.69) is 0 Å². The Balaban J connectivity index is 2.38. The van der Waals surface area contributed by atoms with Crippen LogP contribution in [0.1, 0.15) is 22.2 Å². The highest BCUT2D eigenvalue weighted by Crippen LogP contribution is 2.31. The van der Waals surface area contributed by atoms with Crippen LogP contribution in [0, 0.1) is 12.3 Å². The average molecular weight is 297 g/mol. The Morgan fingerprint density at radius 3 is 2.43 bits per heavy atom. The van der Waals surface area contributed by atoms with Crippen molar-refractivity contribution in [3.05, 3.63) is 58.5 Å². The summed E-state index contributed by atoms with van der Waals surface area (Å²) in [5.41, 5.74) is 2.06. The molecule has 21 heavy (non-hydrogen) atoms. The largest absolute Gasteiger partial charge is 0.308 e. The van der Waals surface area contributed by atoms with E-state index in [1.165, 1.54) is 24.3 Å². The maximum absolute atomic E-state index is 12.3. The van der Waals surface area contributed by atoms with Crippen molar-refractivity contribution in [1.29, 1.82) is 5.41 Å². The van der Waals surface area contributed by atoms with E-state index in [4.69, 9.17) is 5.41 Å². The Morgan fingerprint density at radius 1 is 1.19 bits per heavy atom. The summed E-state index contributed by atoms with van der Waals surface area (Å²) in [6.07, 6.45) is 2.16. The van der Waals surface area contributed by atoms with Gasteiger partial charge in [-0.25, -0.2) is 0 Å². The molecule has 0 spiro atoms. The molecule has 0 saturated heterocycles. The Hall–Kier alpha value is -2.33. The Morgan fingerprint density at radius 2 is 1.86 bits per heavy atom. The van der Waals surface area contributed by atoms with Gasteiger partial charge in [-0.05, 0) is 37.1 Å². The van der Waals surface area contributed by atoms with Gasteiger partial charge in [0.05, 0.1) is 4.88 Å². The lowest BCUT2D eigenvalue weighted by Gasteiger charge is -1.96. The molecule has 1 aromatic carbocycles. The fourth-order valence-corrected chi connectivity index (χ4v) is 3.01. The van der Waals surface area contributed by atoms with Gasteiger partial charge in [-0.15, -0.1) is 11.3 Å². The lowest BCUT2D eigenvalue weighted by Crippen LogP contribution is -2.02. The number of rotatable bonds is 5. The summed E-state index contributed by atoms with van der Waals surface area (Å²) in [6, 6.07) is 11.8. The molecule has 106 valence electrons. The molecule has 0 amide bonds. The molecular weight excluding hydrogens is 282 g/mol. The van der Waals surface area contributed by atoms with Gasteiger partial charge in [0.25, 0.3) is 0 Å². The number of carbonyl (C=O) groups is 2. The molecule has 1 aromatic heterocycles. The number of benzene rings is 1. The first-order chi connectivity index (χ1) is 10.0. The lowest BCUT2D eigenvalue weighted by molar-refractivity contribution is -0.113. The molecule has 2 rings (SSSR count). The third-order valence-corrected chi connectivity index (χ3v) is 4.35. The van der Waals surface area contributed by atoms with Crippen molar-refractivity contribution < 1.29 is 9.59 Å². The standard InChI is InChI=1S/C17H15NO2S/c1-11-8-16(13-6-4-3-5-7-13)21-17(11)15(20)9-14(10-18)12(2)19/h3-10,18H,1-2H3. The number of thiophene rings is 1. The minimum atomic E-state index is -0.282. The number of allylic oxidation sites excluding steroid dienone is 2. The van der Waals surface area contributed by atoms with Crippen LogP contribution in [-0.2, 0) is 4.79 Å². The molecular formula is C17H15NO2S. The Labute approximate surface area is 127 Å². The maximum Gasteiger partial charge on any atom is 0.196 e. The van der Waals surface area contributed by atoms with E-state index in [0.717, 1.165) is 22.2 Å². The van der Waals surface area contributed by atoms with E-state index in [-0.39, 0.29) is 17.1 Å². The minimum absolute atomic E-state index is 0.120. The minimum Gasteiger partial charge on any atom is -0.308 e. The second-order valence-corrected chi connectivity index (χ2v) is 5.71. The maximum atomic E-state index is 12.3. The van der Waals surface area contributed by atoms with Crippen molar-refractivity contribution in [1.82, 2.24) is 0 Å². The van der Waals surface area contributed by atoms with Gasteiger partial charge >= 0.3 is 0 Å². The first kappa shape index (κ1) is 15.1. The van der Waals surface area contributed by atoms with Crippen molar-refractivity contribution in [3.8, 4) is 10.4 Å². The molecule has 0 aliphatic heterocycles. The van der Waals surface area contributed by atoms with Crippen LogP contribution in [0.25, 0.3) is 10.4 Å². The summed E-state index contributed by atoms with van der Waals surface area (Å²) >= 11 is 1.40. The number of hydrogen-bond donors (Lipinski definition) is 1. The number of hydrogen-bond acceptors (Lipinski definition) is 4. The van der Waals surface area contributed by atoms with E-state index in [0.29, 0.717) is 4.88 Å². The second kappa shape index (κ2) is 6.41. The third kappa shape index (κ3) is 3.41. The van der Waals surface area contributed by atoms with Crippen molar-refractivity contribution >= 4 is 29.1 Å². The Kier molecular flexibility index (Phi) is 4.60. The molecule has 0 radical (unpaired) electrons. The predicted octanol–water partition coefficient (Wildman–Crippen LogP) is 4.07. The molecule has 1 heterocycles. The number of aryl methyl sites for hydroxylation is 1. The molecule has 0 aliphatic rings. The van der Waals surface area contributed by atoms with E-state index < -0.39 is 0 Å². The summed E-state index contributed by atoms with van der Waals surface area (Å²) < 4.78 is 0. The lowest BCUT2D eigenvalue weighted by atomic mass is 10.1. The molecule has 3 nitrogen and oxygen atoms in total. The monoisotopic (exact) mass is 297 g/mol. The van der Waals surface area contributed by atoms with Crippen LogP contribution in [0.15, 0.2) is 48.0 Å². The zero-order valence-electron chi connectivity index (χ0n) is 11.8. The van der Waals surface area contributed by atoms with Crippen LogP contribution >= 0.6 is 11.3 Å². The zero-order valence-corrected chi connectivity index (χ0v) is 12.7. The van der Waals surface area contributed by atoms with Crippen LogP contribution in [0.4, 0.5) is 0 Å². The fraction of sp³-hybridized carbons (Fsp3) is 0.118. The van der Waals surface area contributed by atoms with Crippen LogP contribution < -0.4 is 0 Å². The van der Waals surface area contributed by atoms with E-state index >= 15 is 0 Å². The molecule has 2 aromatic rings. The Bertz CT molecular complexity index is 727. The fourth-order valence-electron chi connectivity index (χ4n) is 1.92. The molecule has 0 fully saturated rings. The van der Waals surface area contributed by atoms with Gasteiger partial charge in [0.1, 0.15) is 0 Å². The SMILES string of the molecule is CC(=O)C(C=N)=CC(=O)c1sc(-c2ccccc2)cc1C. The molecule has 1 N–H and O–H groups in total. The van der Waals surface area contributed by atoms with Crippen LogP contribution in [-0.4, -0.2) is 17.8 Å². The third-order valence-electron chi connectivity index (χ3n) is 3.05. The first-order valence-corrected chi connectivity index (χ1v) is 7.28. The van der Waals surface area contributed by atoms with E-state index in [1.807, 2.05) is 43.3 Å². The highest BCUT2D eigenvalue weighted by molar-refractivity contribution is 7.17. The van der Waals surface area contributed by atoms with E-state index in [9.17, 15) is 9.59 Å². The molecule has 0 saturated carbocycles. The van der Waals surface area contributed by atoms with Crippen molar-refractivity contribution in [2.24, 2.45) is 0 Å². The van der Waals surface area contributed by atoms with Crippen LogP contribution in [0.2, 0.25) is 0 Å². The van der Waals surface area contributed by atoms with Gasteiger partial charge in [-0.1, -0.05) is 30.3 Å². The first-order valence-electron chi connectivity index (χ1n) is 6.46. The normalized spacial score (nSPS) is 11.2. The summed E-state index contributed by atoms with van der Waals surface area (Å²) in [6.45, 7) is 3.22. The number of Topliss-reactive ketones (excluding diaryl/α,β-unsaturated/α-hetero) is 1. The van der Waals surface area contributed by atoms with Gasteiger partial charge < -0.3 is 5.41 Å². The van der Waals surface area contributed by atoms with Gasteiger partial charge in [0, 0.05) is 16.7 Å². The van der Waals surface area contributed by atoms with Gasteiger partial charge in [-0.3, -0.25) is 9.59 Å². The van der Waals surface area contributed by atoms with Gasteiger partial charge in [-0.2, -0.15) is 0 Å². The quantitative estimate of drug-likeness (QED) is 0.514. The summed E-state index contributed by atoms with van der Waals surface area (Å²) in [5, 5.41) is 7.18. The van der Waals surface area contributed by atoms with Gasteiger partial charge in [0.2, 0.25) is 0 Å². The van der Waals surface area contributed by atoms with Crippen LogP contribution in [0.3, 0.4) is 0 Å². The molecule has 0 bridgehead atoms. The average Bonchev–Trinajstić information content (AvgIpc) is 2.87. The summed E-state index contributed by atoms with van der Waals surface area (Å²) in [5.74, 6) is -0.510. The summed E-state index contributed by atoms with van der Waals surface area (Å²) in [7, 11) is 0. The summed E-state index contributed by atoms with van der Waals surface area (Å²) in [4.78, 5) is 25.2. The highest BCUT2D eigenvalue weighted by Gasteiger charge is 2.14. The predicted molar refractivity (Wildman–Crippen MR) is 86.4 cm³/mol. The van der Waals surface area contributed by atoms with E-state index in [1.54, 1.807) is 0 Å². The smallest absolute Gasteiger partial charge is 0.196 e. The van der Waals surface area contributed by atoms with Crippen molar-refractivity contribution in [2.45, 2.75) is 13.8 Å². The van der Waals surface area contributed by atoms with Crippen molar-refractivity contribution in [3.63, 3.8) is 0 Å². The van der Waals surface area contributed by atoms with Crippen molar-refractivity contribution in [2.75, 3.05) is 0 Å². The second-order valence-electron chi connectivity index (χ2n) is 4.65. The van der Waals surface area contributed by atoms with Crippen LogP contribution in [0.5, 0.6) is 0 Å². The highest BCUT2D eigenvalue weighted by atomic mass is 32.1. The molecule has 4 heteroatoms. The zero-order chi connectivity index (χ0) is 15.4. The molecule has 0 aliphatic carbocycles. The topological polar surface area (TPSA) is 58.0 Å². The number of carbonyl (C=O) groups excluding carboxylic acids is 2. The van der Waals surface area contributed by atoms with Gasteiger partial charge in [0.15, 0.2) is 11.6 Å². The molecule has 0 atom stereocenters.